The van der Waals surface area contributed by atoms with Crippen LogP contribution in [-0.2, 0) is 14.6 Å². The van der Waals surface area contributed by atoms with Crippen LogP contribution in [0.3, 0.4) is 0 Å². The van der Waals surface area contributed by atoms with E-state index in [2.05, 4.69) is 14.2 Å². The zero-order valence-electron chi connectivity index (χ0n) is 11.2. The van der Waals surface area contributed by atoms with Crippen molar-refractivity contribution < 1.29 is 26.7 Å². The molecule has 0 bridgehead atoms. The third-order valence-corrected chi connectivity index (χ3v) is 2.75. The lowest BCUT2D eigenvalue weighted by molar-refractivity contribution is -0.865. The predicted octanol–water partition coefficient (Wildman–Crippen LogP) is 1.22. The first-order valence-electron chi connectivity index (χ1n) is 5.47. The van der Waals surface area contributed by atoms with Crippen molar-refractivity contribution >= 4 is 27.0 Å². The third kappa shape index (κ3) is 4.89. The van der Waals surface area contributed by atoms with Gasteiger partial charge in [0.2, 0.25) is 16.6 Å². The molecule has 9 nitrogen and oxygen atoms in total. The molecule has 1 aromatic heterocycles. The maximum atomic E-state index is 9.22. The summed E-state index contributed by atoms with van der Waals surface area (Å²) in [6, 6.07) is 9.28. The molecule has 112 valence electrons. The summed E-state index contributed by atoms with van der Waals surface area (Å²) in [5.74, 6) is 0. The fraction of sp³-hybridized carbons (Fsp3) is 0.182. The van der Waals surface area contributed by atoms with E-state index >= 15 is 0 Å². The first-order chi connectivity index (χ1) is 9.92. The minimum absolute atomic E-state index is 0.599. The number of azide groups is 1. The normalized spacial score (nSPS) is 10.2. The van der Waals surface area contributed by atoms with Crippen molar-refractivity contribution in [1.82, 2.24) is 0 Å². The molecular formula is C11H12N4O5S. The predicted molar refractivity (Wildman–Crippen MR) is 72.2 cm³/mol. The lowest BCUT2D eigenvalue weighted by atomic mass is 10.2. The summed E-state index contributed by atoms with van der Waals surface area (Å²) in [5.41, 5.74) is 9.89. The van der Waals surface area contributed by atoms with Crippen molar-refractivity contribution in [3.05, 3.63) is 47.0 Å². The Balaban J connectivity index is 0.000000315. The highest BCUT2D eigenvalue weighted by Crippen LogP contribution is 2.22. The SMILES string of the molecule is COS(=O)(=O)[O-].CO[n+]1ccc(N=[N+]=[N-])c2ccccc21. The van der Waals surface area contributed by atoms with Gasteiger partial charge in [-0.05, 0) is 11.6 Å². The number of para-hydroxylation sites is 1. The molecule has 2 rings (SSSR count). The fourth-order valence-corrected chi connectivity index (χ4v) is 1.49. The van der Waals surface area contributed by atoms with Crippen molar-refractivity contribution in [2.24, 2.45) is 5.11 Å². The average molecular weight is 312 g/mol. The molecule has 0 atom stereocenters. The molecule has 0 aliphatic heterocycles. The second-order valence-electron chi connectivity index (χ2n) is 3.49. The van der Waals surface area contributed by atoms with Crippen LogP contribution in [0.1, 0.15) is 0 Å². The molecule has 10 heteroatoms. The summed E-state index contributed by atoms with van der Waals surface area (Å²) in [7, 11) is -2.02. The smallest absolute Gasteiger partial charge is 0.265 e. The van der Waals surface area contributed by atoms with Crippen molar-refractivity contribution in [1.29, 1.82) is 0 Å². The van der Waals surface area contributed by atoms with Crippen molar-refractivity contribution in [3.63, 3.8) is 0 Å². The van der Waals surface area contributed by atoms with Crippen LogP contribution in [-0.4, -0.2) is 27.2 Å². The molecule has 1 aromatic carbocycles. The minimum atomic E-state index is -4.41. The molecule has 21 heavy (non-hydrogen) atoms. The molecule has 0 aliphatic rings. The molecule has 0 unspecified atom stereocenters. The monoisotopic (exact) mass is 312 g/mol. The van der Waals surface area contributed by atoms with Gasteiger partial charge in [-0.3, -0.25) is 9.02 Å². The maximum absolute atomic E-state index is 9.22. The Morgan fingerprint density at radius 2 is 1.90 bits per heavy atom. The first-order valence-corrected chi connectivity index (χ1v) is 6.80. The molecule has 2 aromatic rings. The lowest BCUT2D eigenvalue weighted by Gasteiger charge is -1.99. The summed E-state index contributed by atoms with van der Waals surface area (Å²) in [5, 5.41) is 4.48. The number of aromatic nitrogens is 1. The molecule has 0 N–H and O–H groups in total. The Morgan fingerprint density at radius 3 is 2.43 bits per heavy atom. The zero-order chi connectivity index (χ0) is 15.9. The number of hydrogen-bond acceptors (Lipinski definition) is 6. The van der Waals surface area contributed by atoms with Crippen molar-refractivity contribution in [3.8, 4) is 0 Å². The second-order valence-corrected chi connectivity index (χ2v) is 4.64. The summed E-state index contributed by atoms with van der Waals surface area (Å²) in [4.78, 5) is 7.93. The van der Waals surface area contributed by atoms with Gasteiger partial charge in [-0.2, -0.15) is 0 Å². The van der Waals surface area contributed by atoms with Gasteiger partial charge in [0.15, 0.2) is 0 Å². The van der Waals surface area contributed by atoms with Crippen LogP contribution < -0.4 is 9.57 Å². The largest absolute Gasteiger partial charge is 0.726 e. The molecule has 0 amide bonds. The van der Waals surface area contributed by atoms with Gasteiger partial charge in [0.1, 0.15) is 7.11 Å². The molecule has 0 aliphatic carbocycles. The highest BCUT2D eigenvalue weighted by molar-refractivity contribution is 7.80. The van der Waals surface area contributed by atoms with Gasteiger partial charge >= 0.3 is 0 Å². The Morgan fingerprint density at radius 1 is 1.29 bits per heavy atom. The number of fused-ring (bicyclic) bond motifs is 1. The summed E-state index contributed by atoms with van der Waals surface area (Å²) in [6.07, 6.45) is 1.71. The summed E-state index contributed by atoms with van der Waals surface area (Å²) in [6.45, 7) is 0. The van der Waals surface area contributed by atoms with Crippen LogP contribution in [0.4, 0.5) is 5.69 Å². The Kier molecular flexibility index (Phi) is 5.88. The Labute approximate surface area is 120 Å². The number of pyridine rings is 1. The van der Waals surface area contributed by atoms with Crippen molar-refractivity contribution in [2.45, 2.75) is 0 Å². The molecule has 0 saturated heterocycles. The molecule has 0 fully saturated rings. The molecule has 0 radical (unpaired) electrons. The van der Waals surface area contributed by atoms with E-state index in [1.54, 1.807) is 24.1 Å². The van der Waals surface area contributed by atoms with Crippen molar-refractivity contribution in [2.75, 3.05) is 14.2 Å². The van der Waals surface area contributed by atoms with Gasteiger partial charge < -0.3 is 4.55 Å². The summed E-state index contributed by atoms with van der Waals surface area (Å²) < 4.78 is 32.6. The molecular weight excluding hydrogens is 300 g/mol. The zero-order valence-corrected chi connectivity index (χ0v) is 12.0. The third-order valence-electron chi connectivity index (χ3n) is 2.34. The number of benzene rings is 1. The highest BCUT2D eigenvalue weighted by Gasteiger charge is 2.11. The van der Waals surface area contributed by atoms with Gasteiger partial charge in [0.05, 0.1) is 18.2 Å². The lowest BCUT2D eigenvalue weighted by Crippen LogP contribution is -2.40. The minimum Gasteiger partial charge on any atom is -0.726 e. The first kappa shape index (κ1) is 16.7. The summed E-state index contributed by atoms with van der Waals surface area (Å²) >= 11 is 0. The van der Waals surface area contributed by atoms with E-state index in [-0.39, 0.29) is 0 Å². The number of hydrogen-bond donors (Lipinski definition) is 0. The van der Waals surface area contributed by atoms with E-state index < -0.39 is 10.4 Å². The van der Waals surface area contributed by atoms with E-state index in [0.29, 0.717) is 5.69 Å². The Bertz CT molecular complexity index is 771. The molecule has 1 heterocycles. The standard InChI is InChI=1S/C10H9N4O.CH4O4S/c1-15-14-7-6-9(12-13-11)8-4-2-3-5-10(8)14;1-5-6(2,3)4/h2-7H,1H3;1H3,(H,2,3,4)/q+1;/p-1. The van der Waals surface area contributed by atoms with Gasteiger partial charge in [-0.25, -0.2) is 8.42 Å². The topological polar surface area (TPSA) is 128 Å². The van der Waals surface area contributed by atoms with Gasteiger partial charge in [0, 0.05) is 21.8 Å². The van der Waals surface area contributed by atoms with Crippen LogP contribution in [0.15, 0.2) is 41.6 Å². The van der Waals surface area contributed by atoms with Gasteiger partial charge in [-0.15, -0.1) is 0 Å². The fourth-order valence-electron chi connectivity index (χ4n) is 1.49. The van der Waals surface area contributed by atoms with Crippen LogP contribution in [0.5, 0.6) is 0 Å². The van der Waals surface area contributed by atoms with Crippen LogP contribution >= 0.6 is 0 Å². The average Bonchev–Trinajstić information content (AvgIpc) is 2.48. The van der Waals surface area contributed by atoms with E-state index in [9.17, 15) is 13.0 Å². The van der Waals surface area contributed by atoms with Gasteiger partial charge in [-0.1, -0.05) is 17.2 Å². The van der Waals surface area contributed by atoms with Crippen LogP contribution in [0, 0.1) is 0 Å². The second kappa shape index (κ2) is 7.41. The van der Waals surface area contributed by atoms with Crippen LogP contribution in [0.25, 0.3) is 21.3 Å². The maximum Gasteiger partial charge on any atom is 0.265 e. The van der Waals surface area contributed by atoms with Gasteiger partial charge in [0.25, 0.3) is 5.52 Å². The molecule has 0 spiro atoms. The quantitative estimate of drug-likeness (QED) is 0.210. The van der Waals surface area contributed by atoms with E-state index in [1.165, 1.54) is 0 Å². The molecule has 0 saturated carbocycles. The van der Waals surface area contributed by atoms with E-state index in [1.807, 2.05) is 24.3 Å². The highest BCUT2D eigenvalue weighted by atomic mass is 32.3. The Hall–Kier alpha value is -2.39. The van der Waals surface area contributed by atoms with E-state index in [4.69, 9.17) is 10.4 Å². The number of rotatable bonds is 3. The van der Waals surface area contributed by atoms with E-state index in [0.717, 1.165) is 18.0 Å². The number of nitrogens with zero attached hydrogens (tertiary/aromatic N) is 4. The van der Waals surface area contributed by atoms with Crippen LogP contribution in [0.2, 0.25) is 0 Å².